The van der Waals surface area contributed by atoms with Crippen molar-refractivity contribution in [2.75, 3.05) is 12.3 Å². The van der Waals surface area contributed by atoms with E-state index in [1.165, 1.54) is 6.42 Å². The number of nitrogen functional groups attached to an aromatic ring is 1. The lowest BCUT2D eigenvalue weighted by molar-refractivity contribution is 0.00397. The van der Waals surface area contributed by atoms with E-state index in [1.807, 2.05) is 29.8 Å². The number of anilines is 1. The largest absolute Gasteiger partial charge is 0.399 e. The van der Waals surface area contributed by atoms with Gasteiger partial charge in [-0.2, -0.15) is 0 Å². The highest BCUT2D eigenvalue weighted by Gasteiger charge is 2.18. The summed E-state index contributed by atoms with van der Waals surface area (Å²) in [6.07, 6.45) is 3.64. The highest BCUT2D eigenvalue weighted by molar-refractivity contribution is 5.61. The quantitative estimate of drug-likeness (QED) is 0.863. The molecule has 2 heterocycles. The Kier molecular flexibility index (Phi) is 3.64. The highest BCUT2D eigenvalue weighted by Crippen LogP contribution is 2.22. The lowest BCUT2D eigenvalue weighted by Gasteiger charge is -2.22. The standard InChI is InChI=1S/C14H19N5O/c1-10-8-11(5-6-13(10)15)14-16-17-18-19(14)9-12-4-2-3-7-20-12/h5-6,8,12H,2-4,7,9,15H2,1H3. The molecule has 6 heteroatoms. The molecule has 1 aromatic carbocycles. The van der Waals surface area contributed by atoms with Gasteiger partial charge in [0.15, 0.2) is 5.82 Å². The highest BCUT2D eigenvalue weighted by atomic mass is 16.5. The lowest BCUT2D eigenvalue weighted by atomic mass is 10.1. The van der Waals surface area contributed by atoms with Crippen LogP contribution in [0.5, 0.6) is 0 Å². The van der Waals surface area contributed by atoms with Crippen LogP contribution in [0.2, 0.25) is 0 Å². The van der Waals surface area contributed by atoms with Crippen molar-refractivity contribution in [3.8, 4) is 11.4 Å². The molecule has 2 aromatic rings. The van der Waals surface area contributed by atoms with Crippen molar-refractivity contribution in [3.63, 3.8) is 0 Å². The third kappa shape index (κ3) is 2.65. The maximum atomic E-state index is 5.85. The van der Waals surface area contributed by atoms with Crippen LogP contribution < -0.4 is 5.73 Å². The maximum Gasteiger partial charge on any atom is 0.182 e. The van der Waals surface area contributed by atoms with E-state index in [2.05, 4.69) is 15.5 Å². The first kappa shape index (κ1) is 13.1. The fourth-order valence-corrected chi connectivity index (χ4v) is 2.49. The van der Waals surface area contributed by atoms with E-state index < -0.39 is 0 Å². The van der Waals surface area contributed by atoms with Gasteiger partial charge in [-0.15, -0.1) is 5.10 Å². The van der Waals surface area contributed by atoms with Crippen LogP contribution in [0.1, 0.15) is 24.8 Å². The Hall–Kier alpha value is -1.95. The van der Waals surface area contributed by atoms with Gasteiger partial charge in [-0.25, -0.2) is 4.68 Å². The van der Waals surface area contributed by atoms with E-state index in [1.54, 1.807) is 0 Å². The van der Waals surface area contributed by atoms with Gasteiger partial charge in [0.2, 0.25) is 0 Å². The van der Waals surface area contributed by atoms with Crippen LogP contribution >= 0.6 is 0 Å². The van der Waals surface area contributed by atoms with Crippen LogP contribution in [-0.2, 0) is 11.3 Å². The molecule has 3 rings (SSSR count). The SMILES string of the molecule is Cc1cc(-c2nnnn2CC2CCCCO2)ccc1N. The van der Waals surface area contributed by atoms with Crippen LogP contribution in [0.3, 0.4) is 0 Å². The number of ether oxygens (including phenoxy) is 1. The molecule has 106 valence electrons. The summed E-state index contributed by atoms with van der Waals surface area (Å²) in [6.45, 7) is 3.52. The summed E-state index contributed by atoms with van der Waals surface area (Å²) in [4.78, 5) is 0. The number of nitrogens with zero attached hydrogens (tertiary/aromatic N) is 4. The summed E-state index contributed by atoms with van der Waals surface area (Å²) >= 11 is 0. The average molecular weight is 273 g/mol. The molecular weight excluding hydrogens is 254 g/mol. The third-order valence-electron chi connectivity index (χ3n) is 3.71. The van der Waals surface area contributed by atoms with Crippen LogP contribution in [0.25, 0.3) is 11.4 Å². The Labute approximate surface area is 117 Å². The number of hydrogen-bond donors (Lipinski definition) is 1. The molecule has 1 fully saturated rings. The molecule has 6 nitrogen and oxygen atoms in total. The fourth-order valence-electron chi connectivity index (χ4n) is 2.49. The normalized spacial score (nSPS) is 19.1. The third-order valence-corrected chi connectivity index (χ3v) is 3.71. The summed E-state index contributed by atoms with van der Waals surface area (Å²) in [6, 6.07) is 5.85. The maximum absolute atomic E-state index is 5.85. The molecule has 0 saturated carbocycles. The Morgan fingerprint density at radius 2 is 2.30 bits per heavy atom. The van der Waals surface area contributed by atoms with Crippen molar-refractivity contribution in [1.82, 2.24) is 20.2 Å². The Bertz CT molecular complexity index is 589. The molecular formula is C14H19N5O. The van der Waals surface area contributed by atoms with Crippen LogP contribution in [0.4, 0.5) is 5.69 Å². The molecule has 0 amide bonds. The number of tetrazole rings is 1. The first-order valence-electron chi connectivity index (χ1n) is 6.98. The molecule has 0 spiro atoms. The summed E-state index contributed by atoms with van der Waals surface area (Å²) in [5.74, 6) is 0.766. The summed E-state index contributed by atoms with van der Waals surface area (Å²) in [7, 11) is 0. The van der Waals surface area contributed by atoms with Crippen molar-refractivity contribution in [2.24, 2.45) is 0 Å². The molecule has 1 unspecified atom stereocenters. The number of benzene rings is 1. The second-order valence-electron chi connectivity index (χ2n) is 5.24. The Morgan fingerprint density at radius 1 is 1.40 bits per heavy atom. The predicted molar refractivity (Wildman–Crippen MR) is 76.0 cm³/mol. The van der Waals surface area contributed by atoms with Gasteiger partial charge in [-0.3, -0.25) is 0 Å². The molecule has 0 radical (unpaired) electrons. The van der Waals surface area contributed by atoms with Crippen molar-refractivity contribution in [2.45, 2.75) is 38.8 Å². The predicted octanol–water partition coefficient (Wildman–Crippen LogP) is 1.80. The molecule has 20 heavy (non-hydrogen) atoms. The van der Waals surface area contributed by atoms with Gasteiger partial charge in [0.05, 0.1) is 12.6 Å². The zero-order valence-corrected chi connectivity index (χ0v) is 11.6. The van der Waals surface area contributed by atoms with Gasteiger partial charge in [0, 0.05) is 17.9 Å². The number of aryl methyl sites for hydroxylation is 1. The smallest absolute Gasteiger partial charge is 0.182 e. The van der Waals surface area contributed by atoms with E-state index >= 15 is 0 Å². The number of aromatic nitrogens is 4. The molecule has 2 N–H and O–H groups in total. The summed E-state index contributed by atoms with van der Waals surface area (Å²) in [5.41, 5.74) is 8.65. The van der Waals surface area contributed by atoms with Gasteiger partial charge in [-0.1, -0.05) is 0 Å². The number of rotatable bonds is 3. The Morgan fingerprint density at radius 3 is 3.05 bits per heavy atom. The van der Waals surface area contributed by atoms with Crippen molar-refractivity contribution >= 4 is 5.69 Å². The second kappa shape index (κ2) is 5.58. The zero-order valence-electron chi connectivity index (χ0n) is 11.6. The summed E-state index contributed by atoms with van der Waals surface area (Å²) < 4.78 is 7.57. The minimum absolute atomic E-state index is 0.209. The van der Waals surface area contributed by atoms with Crippen LogP contribution in [0, 0.1) is 6.92 Å². The zero-order chi connectivity index (χ0) is 13.9. The van der Waals surface area contributed by atoms with E-state index in [0.717, 1.165) is 42.1 Å². The van der Waals surface area contributed by atoms with Gasteiger partial charge >= 0.3 is 0 Å². The molecule has 1 aromatic heterocycles. The van der Waals surface area contributed by atoms with Crippen molar-refractivity contribution in [1.29, 1.82) is 0 Å². The minimum Gasteiger partial charge on any atom is -0.399 e. The monoisotopic (exact) mass is 273 g/mol. The molecule has 1 atom stereocenters. The first-order chi connectivity index (χ1) is 9.74. The van der Waals surface area contributed by atoms with E-state index in [4.69, 9.17) is 10.5 Å². The average Bonchev–Trinajstić information content (AvgIpc) is 2.91. The first-order valence-corrected chi connectivity index (χ1v) is 6.98. The molecule has 1 aliphatic rings. The second-order valence-corrected chi connectivity index (χ2v) is 5.24. The van der Waals surface area contributed by atoms with Gasteiger partial charge in [0.25, 0.3) is 0 Å². The van der Waals surface area contributed by atoms with E-state index in [9.17, 15) is 0 Å². The molecule has 0 bridgehead atoms. The minimum atomic E-state index is 0.209. The number of hydrogen-bond acceptors (Lipinski definition) is 5. The van der Waals surface area contributed by atoms with E-state index in [0.29, 0.717) is 6.54 Å². The van der Waals surface area contributed by atoms with Gasteiger partial charge < -0.3 is 10.5 Å². The summed E-state index contributed by atoms with van der Waals surface area (Å²) in [5, 5.41) is 12.0. The van der Waals surface area contributed by atoms with Crippen LogP contribution in [-0.4, -0.2) is 32.9 Å². The molecule has 1 saturated heterocycles. The van der Waals surface area contributed by atoms with Crippen molar-refractivity contribution in [3.05, 3.63) is 23.8 Å². The number of nitrogens with two attached hydrogens (primary N) is 1. The van der Waals surface area contributed by atoms with Crippen LogP contribution in [0.15, 0.2) is 18.2 Å². The molecule has 1 aliphatic heterocycles. The van der Waals surface area contributed by atoms with Gasteiger partial charge in [-0.05, 0) is 60.4 Å². The topological polar surface area (TPSA) is 78.8 Å². The van der Waals surface area contributed by atoms with E-state index in [-0.39, 0.29) is 6.10 Å². The fraction of sp³-hybridized carbons (Fsp3) is 0.500. The Balaban J connectivity index is 1.83. The lowest BCUT2D eigenvalue weighted by Crippen LogP contribution is -2.25. The van der Waals surface area contributed by atoms with Crippen molar-refractivity contribution < 1.29 is 4.74 Å². The molecule has 0 aliphatic carbocycles. The van der Waals surface area contributed by atoms with Gasteiger partial charge in [0.1, 0.15) is 0 Å².